The van der Waals surface area contributed by atoms with Crippen LogP contribution in [0.4, 0.5) is 0 Å². The Kier molecular flexibility index (Phi) is 8.10. The highest BCUT2D eigenvalue weighted by molar-refractivity contribution is 7.61. The molecular formula is C22H31N2O8P. The van der Waals surface area contributed by atoms with Crippen molar-refractivity contribution in [2.75, 3.05) is 6.61 Å². The summed E-state index contributed by atoms with van der Waals surface area (Å²) in [4.78, 5) is 37.2. The van der Waals surface area contributed by atoms with Crippen LogP contribution in [-0.2, 0) is 20.2 Å². The lowest BCUT2D eigenvalue weighted by Crippen LogP contribution is -2.39. The van der Waals surface area contributed by atoms with E-state index in [1.807, 2.05) is 6.92 Å². The third-order valence-electron chi connectivity index (χ3n) is 5.84. The molecule has 2 aromatic rings. The number of H-pyrrole nitrogens is 1. The number of hydrogen-bond donors (Lipinski definition) is 4. The van der Waals surface area contributed by atoms with Gasteiger partial charge < -0.3 is 24.4 Å². The zero-order valence-corrected chi connectivity index (χ0v) is 19.8. The Balaban J connectivity index is 1.78. The number of unbranched alkanes of at least 4 members (excludes halogenated alkanes) is 2. The molecule has 5 unspecified atom stereocenters. The van der Waals surface area contributed by atoms with Gasteiger partial charge in [0.15, 0.2) is 6.23 Å². The second-order valence-corrected chi connectivity index (χ2v) is 10.1. The number of nitrogens with one attached hydrogen (secondary N) is 1. The first kappa shape index (κ1) is 25.6. The van der Waals surface area contributed by atoms with Gasteiger partial charge >= 0.3 is 13.3 Å². The number of benzene rings is 1. The number of ether oxygens (including phenoxy) is 1. The maximum absolute atomic E-state index is 12.9. The molecule has 0 aliphatic carbocycles. The third kappa shape index (κ3) is 5.54. The molecule has 11 heteroatoms. The zero-order valence-electron chi connectivity index (χ0n) is 18.9. The number of aromatic nitrogens is 2. The van der Waals surface area contributed by atoms with Crippen molar-refractivity contribution in [2.45, 2.75) is 71.0 Å². The molecule has 1 saturated heterocycles. The first-order valence-corrected chi connectivity index (χ1v) is 12.5. The van der Waals surface area contributed by atoms with Gasteiger partial charge in [-0.1, -0.05) is 38.0 Å². The van der Waals surface area contributed by atoms with Crippen molar-refractivity contribution in [2.24, 2.45) is 0 Å². The van der Waals surface area contributed by atoms with E-state index < -0.39 is 50.0 Å². The van der Waals surface area contributed by atoms with Crippen LogP contribution >= 0.6 is 7.60 Å². The smallest absolute Gasteiger partial charge is 0.359 e. The molecule has 33 heavy (non-hydrogen) atoms. The van der Waals surface area contributed by atoms with E-state index in [9.17, 15) is 29.3 Å². The maximum Gasteiger partial charge on any atom is 0.359 e. The Morgan fingerprint density at radius 1 is 1.15 bits per heavy atom. The van der Waals surface area contributed by atoms with E-state index in [2.05, 4.69) is 4.98 Å². The van der Waals surface area contributed by atoms with Gasteiger partial charge in [-0.3, -0.25) is 18.9 Å². The van der Waals surface area contributed by atoms with Crippen molar-refractivity contribution in [3.05, 3.63) is 61.9 Å². The van der Waals surface area contributed by atoms with Crippen LogP contribution < -0.4 is 16.6 Å². The first-order chi connectivity index (χ1) is 15.6. The summed E-state index contributed by atoms with van der Waals surface area (Å²) in [6.07, 6.45) is -1.03. The van der Waals surface area contributed by atoms with Gasteiger partial charge in [0.2, 0.25) is 0 Å². The molecule has 0 spiro atoms. The molecule has 3 rings (SSSR count). The van der Waals surface area contributed by atoms with Crippen molar-refractivity contribution in [1.82, 2.24) is 9.55 Å². The van der Waals surface area contributed by atoms with E-state index >= 15 is 0 Å². The van der Waals surface area contributed by atoms with Crippen LogP contribution in [0.15, 0.2) is 34.0 Å². The topological polar surface area (TPSA) is 151 Å². The molecular weight excluding hydrogens is 451 g/mol. The van der Waals surface area contributed by atoms with Crippen molar-refractivity contribution in [1.29, 1.82) is 0 Å². The van der Waals surface area contributed by atoms with E-state index in [1.165, 1.54) is 6.20 Å². The van der Waals surface area contributed by atoms with Gasteiger partial charge in [-0.2, -0.15) is 0 Å². The predicted octanol–water partition coefficient (Wildman–Crippen LogP) is 1.03. The zero-order chi connectivity index (χ0) is 24.3. The van der Waals surface area contributed by atoms with Gasteiger partial charge in [0.1, 0.15) is 18.3 Å². The molecule has 182 valence electrons. The minimum atomic E-state index is -4.24. The largest absolute Gasteiger partial charge is 0.387 e. The number of nitrogens with zero attached hydrogens (tertiary/aromatic N) is 1. The molecule has 0 saturated carbocycles. The number of aromatic amines is 1. The molecule has 10 nitrogen and oxygen atoms in total. The SMILES string of the molecule is CCCCCc1cn(C2OC(COP(=O)(O)c3c(C)cccc3C)C(O)C2O)c(=O)[nH]c1=O. The Morgan fingerprint density at radius 2 is 1.82 bits per heavy atom. The summed E-state index contributed by atoms with van der Waals surface area (Å²) in [7, 11) is -4.24. The lowest BCUT2D eigenvalue weighted by Gasteiger charge is -2.20. The molecule has 1 aliphatic heterocycles. The second kappa shape index (κ2) is 10.5. The first-order valence-electron chi connectivity index (χ1n) is 11.0. The Bertz CT molecular complexity index is 1120. The summed E-state index contributed by atoms with van der Waals surface area (Å²) in [5, 5.41) is 21.1. The summed E-state index contributed by atoms with van der Waals surface area (Å²) in [5.74, 6) is 0. The molecule has 2 heterocycles. The molecule has 0 amide bonds. The fourth-order valence-electron chi connectivity index (χ4n) is 4.05. The van der Waals surface area contributed by atoms with E-state index in [4.69, 9.17) is 9.26 Å². The van der Waals surface area contributed by atoms with E-state index in [0.717, 1.165) is 23.8 Å². The summed E-state index contributed by atoms with van der Waals surface area (Å²) in [6, 6.07) is 5.14. The van der Waals surface area contributed by atoms with E-state index in [1.54, 1.807) is 32.0 Å². The highest BCUT2D eigenvalue weighted by Gasteiger charge is 2.45. The third-order valence-corrected chi connectivity index (χ3v) is 7.61. The Hall–Kier alpha value is -2.07. The maximum atomic E-state index is 12.9. The molecule has 0 radical (unpaired) electrons. The van der Waals surface area contributed by atoms with Crippen molar-refractivity contribution < 1.29 is 28.9 Å². The molecule has 0 bridgehead atoms. The lowest BCUT2D eigenvalue weighted by molar-refractivity contribution is -0.0523. The van der Waals surface area contributed by atoms with Crippen LogP contribution in [0.25, 0.3) is 0 Å². The predicted molar refractivity (Wildman–Crippen MR) is 122 cm³/mol. The van der Waals surface area contributed by atoms with Crippen LogP contribution in [0.3, 0.4) is 0 Å². The highest BCUT2D eigenvalue weighted by atomic mass is 31.2. The van der Waals surface area contributed by atoms with Gasteiger partial charge in [0, 0.05) is 11.8 Å². The summed E-state index contributed by atoms with van der Waals surface area (Å²) >= 11 is 0. The van der Waals surface area contributed by atoms with Gasteiger partial charge in [-0.15, -0.1) is 0 Å². The van der Waals surface area contributed by atoms with Gasteiger partial charge in [-0.05, 0) is 37.8 Å². The van der Waals surface area contributed by atoms with Crippen molar-refractivity contribution in [3.8, 4) is 0 Å². The number of aliphatic hydroxyl groups excluding tert-OH is 2. The average molecular weight is 482 g/mol. The van der Waals surface area contributed by atoms with Crippen LogP contribution in [0.2, 0.25) is 0 Å². The quantitative estimate of drug-likeness (QED) is 0.306. The van der Waals surface area contributed by atoms with Crippen LogP contribution in [-0.4, -0.2) is 49.6 Å². The van der Waals surface area contributed by atoms with Crippen molar-refractivity contribution in [3.63, 3.8) is 0 Å². The fraction of sp³-hybridized carbons (Fsp3) is 0.545. The number of aliphatic hydroxyl groups is 2. The molecule has 1 aromatic carbocycles. The average Bonchev–Trinajstić information content (AvgIpc) is 3.02. The molecule has 5 atom stereocenters. The minimum absolute atomic E-state index is 0.170. The summed E-state index contributed by atoms with van der Waals surface area (Å²) in [6.45, 7) is 4.92. The van der Waals surface area contributed by atoms with Gasteiger partial charge in [0.05, 0.1) is 11.9 Å². The van der Waals surface area contributed by atoms with Gasteiger partial charge in [-0.25, -0.2) is 4.79 Å². The molecule has 1 fully saturated rings. The van der Waals surface area contributed by atoms with Crippen LogP contribution in [0.5, 0.6) is 0 Å². The van der Waals surface area contributed by atoms with Crippen LogP contribution in [0, 0.1) is 13.8 Å². The van der Waals surface area contributed by atoms with Crippen molar-refractivity contribution >= 4 is 12.9 Å². The standard InChI is InChI=1S/C22H31N2O8P/c1-4-5-6-10-15-11-24(22(28)23-20(15)27)21-18(26)17(25)16(32-21)12-31-33(29,30)19-13(2)8-7-9-14(19)3/h7-9,11,16-18,21,25-26H,4-6,10,12H2,1-3H3,(H,29,30)(H,23,27,28). The normalized spacial score (nSPS) is 24.7. The Morgan fingerprint density at radius 3 is 2.45 bits per heavy atom. The highest BCUT2D eigenvalue weighted by Crippen LogP contribution is 2.44. The molecule has 4 N–H and O–H groups in total. The summed E-state index contributed by atoms with van der Waals surface area (Å²) in [5.41, 5.74) is 0.238. The molecule has 1 aliphatic rings. The fourth-order valence-corrected chi connectivity index (χ4v) is 5.57. The Labute approximate surface area is 191 Å². The lowest BCUT2D eigenvalue weighted by atomic mass is 10.1. The second-order valence-electron chi connectivity index (χ2n) is 8.38. The minimum Gasteiger partial charge on any atom is -0.387 e. The van der Waals surface area contributed by atoms with E-state index in [-0.39, 0.29) is 5.30 Å². The van der Waals surface area contributed by atoms with Crippen LogP contribution in [0.1, 0.15) is 49.1 Å². The van der Waals surface area contributed by atoms with Gasteiger partial charge in [0.25, 0.3) is 5.56 Å². The monoisotopic (exact) mass is 482 g/mol. The molecule has 1 aromatic heterocycles. The number of aryl methyl sites for hydroxylation is 3. The number of hydrogen-bond acceptors (Lipinski definition) is 7. The van der Waals surface area contributed by atoms with E-state index in [0.29, 0.717) is 23.1 Å². The number of rotatable bonds is 9. The summed E-state index contributed by atoms with van der Waals surface area (Å²) < 4.78 is 24.8.